The molecule has 0 fully saturated rings. The summed E-state index contributed by atoms with van der Waals surface area (Å²) in [5.41, 5.74) is -0.875. The normalized spacial score (nSPS) is 12.9. The van der Waals surface area contributed by atoms with Crippen LogP contribution >= 0.6 is 0 Å². The first-order valence-corrected chi connectivity index (χ1v) is 5.56. The molecule has 5 heteroatoms. The molecule has 5 nitrogen and oxygen atoms in total. The fourth-order valence-corrected chi connectivity index (χ4v) is 1.74. The molecule has 0 aliphatic rings. The van der Waals surface area contributed by atoms with Gasteiger partial charge in [-0.15, -0.1) is 0 Å². The Morgan fingerprint density at radius 3 is 2.12 bits per heavy atom. The van der Waals surface area contributed by atoms with Crippen LogP contribution in [0.15, 0.2) is 0 Å². The van der Waals surface area contributed by atoms with E-state index in [0.717, 1.165) is 0 Å². The number of ether oxygens (including phenoxy) is 1. The Kier molecular flexibility index (Phi) is 5.85. The van der Waals surface area contributed by atoms with Gasteiger partial charge >= 0.3 is 11.9 Å². The van der Waals surface area contributed by atoms with Crippen molar-refractivity contribution >= 4 is 17.7 Å². The zero-order valence-corrected chi connectivity index (χ0v) is 10.8. The number of hydrogen-bond acceptors (Lipinski definition) is 4. The van der Waals surface area contributed by atoms with E-state index in [9.17, 15) is 14.4 Å². The maximum absolute atomic E-state index is 11.0. The Morgan fingerprint density at radius 2 is 1.76 bits per heavy atom. The molecule has 0 heterocycles. The minimum Gasteiger partial charge on any atom is -0.481 e. The minimum absolute atomic E-state index is 0.000913. The largest absolute Gasteiger partial charge is 0.481 e. The van der Waals surface area contributed by atoms with Crippen LogP contribution in [0.5, 0.6) is 0 Å². The predicted molar refractivity (Wildman–Crippen MR) is 61.5 cm³/mol. The lowest BCUT2D eigenvalue weighted by Gasteiger charge is -2.32. The molecule has 0 saturated heterocycles. The zero-order chi connectivity index (χ0) is 13.6. The Balaban J connectivity index is 4.69. The van der Waals surface area contributed by atoms with Gasteiger partial charge in [-0.1, -0.05) is 0 Å². The van der Waals surface area contributed by atoms with Gasteiger partial charge in [-0.25, -0.2) is 0 Å². The molecular weight excluding hydrogens is 224 g/mol. The van der Waals surface area contributed by atoms with Crippen molar-refractivity contribution in [2.45, 2.75) is 52.6 Å². The van der Waals surface area contributed by atoms with E-state index in [-0.39, 0.29) is 18.1 Å². The van der Waals surface area contributed by atoms with Gasteiger partial charge < -0.3 is 14.6 Å². The van der Waals surface area contributed by atoms with Crippen molar-refractivity contribution in [2.24, 2.45) is 5.92 Å². The highest BCUT2D eigenvalue weighted by molar-refractivity contribution is 5.75. The number of carboxylic acid groups (broad SMARTS) is 1. The van der Waals surface area contributed by atoms with Crippen molar-refractivity contribution in [3.63, 3.8) is 0 Å². The van der Waals surface area contributed by atoms with Gasteiger partial charge in [0.2, 0.25) is 0 Å². The number of carboxylic acids is 1. The molecule has 0 saturated carbocycles. The van der Waals surface area contributed by atoms with E-state index in [1.165, 1.54) is 13.8 Å². The molecule has 1 N–H and O–H groups in total. The summed E-state index contributed by atoms with van der Waals surface area (Å²) in [6.07, 6.45) is 0.581. The van der Waals surface area contributed by atoms with Crippen molar-refractivity contribution in [1.82, 2.24) is 0 Å². The van der Waals surface area contributed by atoms with Crippen LogP contribution in [-0.2, 0) is 19.1 Å². The van der Waals surface area contributed by atoms with Gasteiger partial charge in [0.1, 0.15) is 11.4 Å². The molecule has 0 bridgehead atoms. The van der Waals surface area contributed by atoms with Crippen LogP contribution in [0.4, 0.5) is 0 Å². The van der Waals surface area contributed by atoms with Gasteiger partial charge in [0.25, 0.3) is 0 Å². The Bertz CT molecular complexity index is 306. The van der Waals surface area contributed by atoms with Gasteiger partial charge in [0.15, 0.2) is 0 Å². The topological polar surface area (TPSA) is 80.7 Å². The summed E-state index contributed by atoms with van der Waals surface area (Å²) in [6, 6.07) is 0. The number of rotatable bonds is 7. The molecular formula is C12H20O5. The van der Waals surface area contributed by atoms with Crippen molar-refractivity contribution in [1.29, 1.82) is 0 Å². The van der Waals surface area contributed by atoms with Crippen LogP contribution in [-0.4, -0.2) is 28.4 Å². The fraction of sp³-hybridized carbons (Fsp3) is 0.750. The molecule has 0 rings (SSSR count). The van der Waals surface area contributed by atoms with Crippen molar-refractivity contribution in [2.75, 3.05) is 0 Å². The average Bonchev–Trinajstić information content (AvgIpc) is 2.08. The zero-order valence-electron chi connectivity index (χ0n) is 10.8. The summed E-state index contributed by atoms with van der Waals surface area (Å²) in [7, 11) is 0. The summed E-state index contributed by atoms with van der Waals surface area (Å²) in [4.78, 5) is 32.6. The summed E-state index contributed by atoms with van der Waals surface area (Å²) in [6.45, 7) is 6.07. The molecule has 0 radical (unpaired) electrons. The molecule has 0 aromatic carbocycles. The molecule has 1 unspecified atom stereocenters. The SMILES string of the molecule is CC(=O)CCC(CC(=O)O)C(C)(C)OC(C)=O. The maximum atomic E-state index is 11.0. The summed E-state index contributed by atoms with van der Waals surface area (Å²) in [5, 5.41) is 8.82. The molecule has 0 aliphatic heterocycles. The lowest BCUT2D eigenvalue weighted by molar-refractivity contribution is -0.162. The molecule has 98 valence electrons. The quantitative estimate of drug-likeness (QED) is 0.690. The van der Waals surface area contributed by atoms with Crippen LogP contribution in [0, 0.1) is 5.92 Å². The summed E-state index contributed by atoms with van der Waals surface area (Å²) < 4.78 is 5.12. The first kappa shape index (κ1) is 15.6. The van der Waals surface area contributed by atoms with E-state index in [1.54, 1.807) is 13.8 Å². The molecule has 0 spiro atoms. The highest BCUT2D eigenvalue weighted by Gasteiger charge is 2.34. The third-order valence-corrected chi connectivity index (χ3v) is 2.66. The van der Waals surface area contributed by atoms with Crippen LogP contribution < -0.4 is 0 Å². The number of carbonyl (C=O) groups excluding carboxylic acids is 2. The van der Waals surface area contributed by atoms with Crippen molar-refractivity contribution in [3.05, 3.63) is 0 Å². The fourth-order valence-electron chi connectivity index (χ4n) is 1.74. The van der Waals surface area contributed by atoms with Gasteiger partial charge in [0.05, 0.1) is 6.42 Å². The highest BCUT2D eigenvalue weighted by Crippen LogP contribution is 2.29. The maximum Gasteiger partial charge on any atom is 0.303 e. The molecule has 1 atom stereocenters. The van der Waals surface area contributed by atoms with Crippen molar-refractivity contribution in [3.8, 4) is 0 Å². The molecule has 0 aromatic rings. The van der Waals surface area contributed by atoms with Crippen LogP contribution in [0.2, 0.25) is 0 Å². The Hall–Kier alpha value is -1.39. The molecule has 0 amide bonds. The predicted octanol–water partition coefficient (Wildman–Crippen LogP) is 1.79. The van der Waals surface area contributed by atoms with Crippen LogP contribution in [0.1, 0.15) is 47.0 Å². The van der Waals surface area contributed by atoms with Gasteiger partial charge in [-0.3, -0.25) is 9.59 Å². The van der Waals surface area contributed by atoms with E-state index in [2.05, 4.69) is 0 Å². The first-order chi connectivity index (χ1) is 7.65. The number of Topliss-reactive ketones (excluding diaryl/α,β-unsaturated/α-hetero) is 1. The van der Waals surface area contributed by atoms with Gasteiger partial charge in [0, 0.05) is 19.3 Å². The van der Waals surface area contributed by atoms with E-state index in [4.69, 9.17) is 9.84 Å². The van der Waals surface area contributed by atoms with E-state index >= 15 is 0 Å². The van der Waals surface area contributed by atoms with Crippen molar-refractivity contribution < 1.29 is 24.2 Å². The summed E-state index contributed by atoms with van der Waals surface area (Å²) >= 11 is 0. The molecule has 0 aliphatic carbocycles. The third kappa shape index (κ3) is 6.71. The Morgan fingerprint density at radius 1 is 1.24 bits per heavy atom. The third-order valence-electron chi connectivity index (χ3n) is 2.66. The van der Waals surface area contributed by atoms with Gasteiger partial charge in [-0.05, 0) is 27.2 Å². The number of aliphatic carboxylic acids is 1. The smallest absolute Gasteiger partial charge is 0.303 e. The molecule has 17 heavy (non-hydrogen) atoms. The molecule has 0 aromatic heterocycles. The second kappa shape index (κ2) is 6.37. The second-order valence-electron chi connectivity index (χ2n) is 4.73. The minimum atomic E-state index is -0.959. The monoisotopic (exact) mass is 244 g/mol. The van der Waals surface area contributed by atoms with Crippen LogP contribution in [0.3, 0.4) is 0 Å². The van der Waals surface area contributed by atoms with E-state index in [1.807, 2.05) is 0 Å². The van der Waals surface area contributed by atoms with Gasteiger partial charge in [-0.2, -0.15) is 0 Å². The number of hydrogen-bond donors (Lipinski definition) is 1. The second-order valence-corrected chi connectivity index (χ2v) is 4.73. The number of carbonyl (C=O) groups is 3. The average molecular weight is 244 g/mol. The van der Waals surface area contributed by atoms with E-state index in [0.29, 0.717) is 12.8 Å². The summed E-state index contributed by atoms with van der Waals surface area (Å²) in [5.74, 6) is -1.78. The highest BCUT2D eigenvalue weighted by atomic mass is 16.6. The standard InChI is InChI=1S/C12H20O5/c1-8(13)5-6-10(7-11(15)16)12(3,4)17-9(2)14/h10H,5-7H2,1-4H3,(H,15,16). The first-order valence-electron chi connectivity index (χ1n) is 5.56. The number of esters is 1. The lowest BCUT2D eigenvalue weighted by Crippen LogP contribution is -2.37. The number of ketones is 1. The van der Waals surface area contributed by atoms with Crippen LogP contribution in [0.25, 0.3) is 0 Å². The Labute approximate surface area is 101 Å². The lowest BCUT2D eigenvalue weighted by atomic mass is 9.83. The van der Waals surface area contributed by atoms with E-state index < -0.39 is 17.5 Å².